The van der Waals surface area contributed by atoms with Gasteiger partial charge in [-0.2, -0.15) is 0 Å². The molecule has 3 aromatic carbocycles. The van der Waals surface area contributed by atoms with Crippen LogP contribution in [0.1, 0.15) is 47.8 Å². The molecule has 0 aliphatic carbocycles. The van der Waals surface area contributed by atoms with Crippen LogP contribution in [0.3, 0.4) is 0 Å². The van der Waals surface area contributed by atoms with Gasteiger partial charge in [-0.3, -0.25) is 4.79 Å². The average molecular weight is 478 g/mol. The predicted molar refractivity (Wildman–Crippen MR) is 133 cm³/mol. The van der Waals surface area contributed by atoms with Gasteiger partial charge in [0, 0.05) is 0 Å². The molecule has 0 spiro atoms. The third kappa shape index (κ3) is 7.50. The molecule has 0 fully saturated rings. The van der Waals surface area contributed by atoms with Crippen LogP contribution in [0.4, 0.5) is 0 Å². The van der Waals surface area contributed by atoms with Gasteiger partial charge in [-0.15, -0.1) is 0 Å². The fourth-order valence-corrected chi connectivity index (χ4v) is 3.68. The van der Waals surface area contributed by atoms with Gasteiger partial charge in [-0.05, 0) is 47.7 Å². The number of carbonyl (C=O) groups is 2. The number of ether oxygens (including phenoxy) is 3. The van der Waals surface area contributed by atoms with E-state index in [2.05, 4.69) is 19.2 Å². The number of carbonyl (C=O) groups excluding carboxylic acids is 1. The van der Waals surface area contributed by atoms with E-state index < -0.39 is 12.6 Å². The van der Waals surface area contributed by atoms with E-state index in [9.17, 15) is 9.59 Å². The van der Waals surface area contributed by atoms with E-state index in [1.54, 1.807) is 37.4 Å². The second-order valence-electron chi connectivity index (χ2n) is 8.52. The summed E-state index contributed by atoms with van der Waals surface area (Å²) in [6.45, 7) is 3.83. The van der Waals surface area contributed by atoms with Crippen molar-refractivity contribution in [1.82, 2.24) is 5.32 Å². The Morgan fingerprint density at radius 1 is 0.886 bits per heavy atom. The van der Waals surface area contributed by atoms with E-state index in [1.807, 2.05) is 42.5 Å². The van der Waals surface area contributed by atoms with Crippen LogP contribution in [0.5, 0.6) is 17.2 Å². The molecule has 1 unspecified atom stereocenters. The van der Waals surface area contributed by atoms with Crippen LogP contribution in [-0.2, 0) is 11.4 Å². The summed E-state index contributed by atoms with van der Waals surface area (Å²) in [5, 5.41) is 12.2. The normalized spacial score (nSPS) is 11.5. The molecule has 0 heterocycles. The zero-order valence-electron chi connectivity index (χ0n) is 20.2. The van der Waals surface area contributed by atoms with Crippen LogP contribution in [-0.4, -0.2) is 30.7 Å². The zero-order valence-corrected chi connectivity index (χ0v) is 20.2. The van der Waals surface area contributed by atoms with Crippen LogP contribution in [0.2, 0.25) is 0 Å². The molecule has 1 amide bonds. The van der Waals surface area contributed by atoms with Crippen molar-refractivity contribution < 1.29 is 28.9 Å². The molecule has 0 saturated carbocycles. The van der Waals surface area contributed by atoms with Crippen LogP contribution < -0.4 is 19.5 Å². The predicted octanol–water partition coefficient (Wildman–Crippen LogP) is 5.25. The van der Waals surface area contributed by atoms with E-state index in [-0.39, 0.29) is 29.9 Å². The SMILES string of the molecule is COc1ccccc1OCc1ccc(OCC(=O)O)c(C(=O)NC(CC(C)C)c2ccccc2)c1. The minimum absolute atomic E-state index is 0.188. The number of hydrogen-bond donors (Lipinski definition) is 2. The Hall–Kier alpha value is -4.00. The molecule has 0 aliphatic heterocycles. The Bertz CT molecular complexity index is 1130. The molecule has 7 heteroatoms. The maximum Gasteiger partial charge on any atom is 0.341 e. The zero-order chi connectivity index (χ0) is 25.2. The van der Waals surface area contributed by atoms with Gasteiger partial charge in [-0.1, -0.05) is 62.4 Å². The van der Waals surface area contributed by atoms with E-state index in [4.69, 9.17) is 19.3 Å². The summed E-state index contributed by atoms with van der Waals surface area (Å²) in [5.74, 6) is 0.256. The lowest BCUT2D eigenvalue weighted by Gasteiger charge is -2.22. The summed E-state index contributed by atoms with van der Waals surface area (Å²) in [4.78, 5) is 24.5. The van der Waals surface area contributed by atoms with E-state index in [1.165, 1.54) is 0 Å². The van der Waals surface area contributed by atoms with Crippen molar-refractivity contribution in [1.29, 1.82) is 0 Å². The standard InChI is InChI=1S/C28H31NO6/c1-19(2)15-23(21-9-5-4-6-10-21)29-28(32)22-16-20(13-14-24(22)35-18-27(30)31)17-34-26-12-8-7-11-25(26)33-3/h4-14,16,19,23H,15,17-18H2,1-3H3,(H,29,32)(H,30,31). The van der Waals surface area contributed by atoms with Gasteiger partial charge >= 0.3 is 5.97 Å². The Balaban J connectivity index is 1.85. The van der Waals surface area contributed by atoms with Gasteiger partial charge in [0.15, 0.2) is 18.1 Å². The monoisotopic (exact) mass is 477 g/mol. The fraction of sp³-hybridized carbons (Fsp3) is 0.286. The van der Waals surface area contributed by atoms with Crippen molar-refractivity contribution in [2.75, 3.05) is 13.7 Å². The summed E-state index contributed by atoms with van der Waals surface area (Å²) in [7, 11) is 1.57. The highest BCUT2D eigenvalue weighted by molar-refractivity contribution is 5.97. The number of amides is 1. The quantitative estimate of drug-likeness (QED) is 0.370. The molecule has 0 aliphatic rings. The number of hydrogen-bond acceptors (Lipinski definition) is 5. The number of nitrogens with one attached hydrogen (secondary N) is 1. The topological polar surface area (TPSA) is 94.1 Å². The number of aliphatic carboxylic acids is 1. The summed E-state index contributed by atoms with van der Waals surface area (Å²) < 4.78 is 16.6. The maximum absolute atomic E-state index is 13.4. The first-order valence-corrected chi connectivity index (χ1v) is 11.5. The largest absolute Gasteiger partial charge is 0.493 e. The highest BCUT2D eigenvalue weighted by Gasteiger charge is 2.21. The molecular weight excluding hydrogens is 446 g/mol. The summed E-state index contributed by atoms with van der Waals surface area (Å²) in [6, 6.07) is 21.9. The van der Waals surface area contributed by atoms with Crippen LogP contribution in [0.25, 0.3) is 0 Å². The molecule has 0 saturated heterocycles. The first kappa shape index (κ1) is 25.6. The number of benzene rings is 3. The van der Waals surface area contributed by atoms with Gasteiger partial charge in [-0.25, -0.2) is 4.79 Å². The van der Waals surface area contributed by atoms with Gasteiger partial charge in [0.1, 0.15) is 12.4 Å². The Morgan fingerprint density at radius 3 is 2.23 bits per heavy atom. The number of rotatable bonds is 12. The van der Waals surface area contributed by atoms with E-state index in [0.717, 1.165) is 17.5 Å². The molecule has 0 radical (unpaired) electrons. The summed E-state index contributed by atoms with van der Waals surface area (Å²) >= 11 is 0. The lowest BCUT2D eigenvalue weighted by Crippen LogP contribution is -2.30. The number of carboxylic acid groups (broad SMARTS) is 1. The van der Waals surface area contributed by atoms with Crippen molar-refractivity contribution in [2.24, 2.45) is 5.92 Å². The van der Waals surface area contributed by atoms with Crippen LogP contribution in [0, 0.1) is 5.92 Å². The highest BCUT2D eigenvalue weighted by Crippen LogP contribution is 2.28. The third-order valence-electron chi connectivity index (χ3n) is 5.32. The highest BCUT2D eigenvalue weighted by atomic mass is 16.5. The molecule has 2 N–H and O–H groups in total. The molecule has 35 heavy (non-hydrogen) atoms. The molecule has 0 aromatic heterocycles. The molecule has 3 rings (SSSR count). The molecule has 1 atom stereocenters. The van der Waals surface area contributed by atoms with Gasteiger partial charge in [0.05, 0.1) is 18.7 Å². The summed E-state index contributed by atoms with van der Waals surface area (Å²) in [6.07, 6.45) is 0.748. The third-order valence-corrected chi connectivity index (χ3v) is 5.32. The number of methoxy groups -OCH3 is 1. The van der Waals surface area contributed by atoms with Gasteiger partial charge in [0.25, 0.3) is 5.91 Å². The second kappa shape index (κ2) is 12.5. The molecule has 184 valence electrons. The minimum Gasteiger partial charge on any atom is -0.493 e. The van der Waals surface area contributed by atoms with E-state index >= 15 is 0 Å². The Labute approximate surface area is 205 Å². The van der Waals surface area contributed by atoms with Crippen molar-refractivity contribution in [2.45, 2.75) is 32.9 Å². The second-order valence-corrected chi connectivity index (χ2v) is 8.52. The molecule has 3 aromatic rings. The summed E-state index contributed by atoms with van der Waals surface area (Å²) in [5.41, 5.74) is 1.97. The molecular formula is C28H31NO6. The molecule has 0 bridgehead atoms. The van der Waals surface area contributed by atoms with Crippen molar-refractivity contribution in [3.8, 4) is 17.2 Å². The van der Waals surface area contributed by atoms with Gasteiger partial charge in [0.2, 0.25) is 0 Å². The minimum atomic E-state index is -1.12. The Morgan fingerprint density at radius 2 is 1.57 bits per heavy atom. The van der Waals surface area contributed by atoms with E-state index in [0.29, 0.717) is 17.4 Å². The lowest BCUT2D eigenvalue weighted by atomic mass is 9.96. The van der Waals surface area contributed by atoms with Crippen LogP contribution in [0.15, 0.2) is 72.8 Å². The van der Waals surface area contributed by atoms with Gasteiger partial charge < -0.3 is 24.6 Å². The van der Waals surface area contributed by atoms with Crippen molar-refractivity contribution in [3.63, 3.8) is 0 Å². The number of carboxylic acids is 1. The Kier molecular flexibility index (Phi) is 9.12. The van der Waals surface area contributed by atoms with Crippen molar-refractivity contribution in [3.05, 3.63) is 89.5 Å². The molecule has 7 nitrogen and oxygen atoms in total. The average Bonchev–Trinajstić information content (AvgIpc) is 2.86. The maximum atomic E-state index is 13.4. The lowest BCUT2D eigenvalue weighted by molar-refractivity contribution is -0.139. The number of para-hydroxylation sites is 2. The first-order valence-electron chi connectivity index (χ1n) is 11.5. The van der Waals surface area contributed by atoms with Crippen LogP contribution >= 0.6 is 0 Å². The fourth-order valence-electron chi connectivity index (χ4n) is 3.68. The smallest absolute Gasteiger partial charge is 0.341 e. The van der Waals surface area contributed by atoms with Crippen molar-refractivity contribution >= 4 is 11.9 Å². The first-order chi connectivity index (χ1) is 16.9.